The van der Waals surface area contributed by atoms with Crippen molar-refractivity contribution in [2.24, 2.45) is 5.73 Å². The van der Waals surface area contributed by atoms with E-state index in [2.05, 4.69) is 0 Å². The van der Waals surface area contributed by atoms with E-state index >= 15 is 0 Å². The number of ether oxygens (including phenoxy) is 1. The quantitative estimate of drug-likeness (QED) is 0.769. The molecule has 1 aliphatic heterocycles. The summed E-state index contributed by atoms with van der Waals surface area (Å²) in [5, 5.41) is -0.403. The first-order chi connectivity index (χ1) is 7.41. The lowest BCUT2D eigenvalue weighted by atomic mass is 9.99. The fourth-order valence-corrected chi connectivity index (χ4v) is 2.01. The molecule has 88 valence electrons. The molecule has 2 rings (SSSR count). The van der Waals surface area contributed by atoms with Crippen LogP contribution in [0.15, 0.2) is 12.1 Å². The Kier molecular flexibility index (Phi) is 2.75. The first kappa shape index (κ1) is 11.5. The van der Waals surface area contributed by atoms with E-state index in [1.54, 1.807) is 0 Å². The summed E-state index contributed by atoms with van der Waals surface area (Å²) in [6, 6.07) is 1.95. The highest BCUT2D eigenvalue weighted by molar-refractivity contribution is 6.33. The van der Waals surface area contributed by atoms with Crippen molar-refractivity contribution in [1.82, 2.24) is 0 Å². The summed E-state index contributed by atoms with van der Waals surface area (Å²) in [7, 11) is 0. The third-order valence-electron chi connectivity index (χ3n) is 2.51. The molecule has 1 aromatic carbocycles. The Balaban J connectivity index is 2.55. The van der Waals surface area contributed by atoms with Crippen LogP contribution >= 0.6 is 11.6 Å². The summed E-state index contributed by atoms with van der Waals surface area (Å²) in [6.07, 6.45) is -3.90. The first-order valence-corrected chi connectivity index (χ1v) is 5.07. The van der Waals surface area contributed by atoms with E-state index in [4.69, 9.17) is 22.1 Å². The molecule has 0 amide bonds. The van der Waals surface area contributed by atoms with Crippen LogP contribution in [0, 0.1) is 0 Å². The van der Waals surface area contributed by atoms with E-state index in [-0.39, 0.29) is 18.4 Å². The van der Waals surface area contributed by atoms with Gasteiger partial charge in [0, 0.05) is 18.0 Å². The number of halogens is 4. The standard InChI is InChI=1S/C10H9ClF3NO/c11-8-6(10(12,13)14)2-1-5-7(15)3-4-16-9(5)8/h1-2,7H,3-4,15H2/t7-/m1/s1. The van der Waals surface area contributed by atoms with Crippen LogP contribution in [0.2, 0.25) is 5.02 Å². The lowest BCUT2D eigenvalue weighted by Gasteiger charge is -2.25. The van der Waals surface area contributed by atoms with Crippen LogP contribution in [-0.2, 0) is 6.18 Å². The molecule has 2 nitrogen and oxygen atoms in total. The maximum atomic E-state index is 12.5. The van der Waals surface area contributed by atoms with Crippen LogP contribution in [0.5, 0.6) is 5.75 Å². The highest BCUT2D eigenvalue weighted by Crippen LogP contribution is 2.44. The molecule has 6 heteroatoms. The normalized spacial score (nSPS) is 20.2. The molecule has 0 bridgehead atoms. The lowest BCUT2D eigenvalue weighted by Crippen LogP contribution is -2.21. The molecule has 0 spiro atoms. The van der Waals surface area contributed by atoms with Gasteiger partial charge in [0.2, 0.25) is 0 Å². The highest BCUT2D eigenvalue weighted by atomic mass is 35.5. The number of alkyl halides is 3. The van der Waals surface area contributed by atoms with Crippen LogP contribution < -0.4 is 10.5 Å². The fourth-order valence-electron chi connectivity index (χ4n) is 1.67. The SMILES string of the molecule is N[C@@H]1CCOc2c1ccc(C(F)(F)F)c2Cl. The van der Waals surface area contributed by atoms with Gasteiger partial charge >= 0.3 is 6.18 Å². The molecule has 1 atom stereocenters. The zero-order valence-corrected chi connectivity index (χ0v) is 8.90. The van der Waals surface area contributed by atoms with E-state index in [1.165, 1.54) is 6.07 Å². The maximum absolute atomic E-state index is 12.5. The van der Waals surface area contributed by atoms with Crippen molar-refractivity contribution in [3.05, 3.63) is 28.3 Å². The molecule has 0 fully saturated rings. The molecule has 1 heterocycles. The largest absolute Gasteiger partial charge is 0.492 e. The molecule has 0 saturated carbocycles. The van der Waals surface area contributed by atoms with Crippen molar-refractivity contribution >= 4 is 11.6 Å². The van der Waals surface area contributed by atoms with Crippen LogP contribution in [-0.4, -0.2) is 6.61 Å². The Morgan fingerprint density at radius 3 is 2.69 bits per heavy atom. The van der Waals surface area contributed by atoms with Gasteiger partial charge in [-0.15, -0.1) is 0 Å². The smallest absolute Gasteiger partial charge is 0.417 e. The highest BCUT2D eigenvalue weighted by Gasteiger charge is 2.36. The van der Waals surface area contributed by atoms with Crippen LogP contribution in [0.3, 0.4) is 0 Å². The van der Waals surface area contributed by atoms with Crippen molar-refractivity contribution < 1.29 is 17.9 Å². The molecule has 0 unspecified atom stereocenters. The van der Waals surface area contributed by atoms with Crippen LogP contribution in [0.4, 0.5) is 13.2 Å². The average Bonchev–Trinajstić information content (AvgIpc) is 2.18. The van der Waals surface area contributed by atoms with Crippen molar-refractivity contribution in [3.63, 3.8) is 0 Å². The second kappa shape index (κ2) is 3.82. The minimum Gasteiger partial charge on any atom is -0.492 e. The number of benzene rings is 1. The first-order valence-electron chi connectivity index (χ1n) is 4.69. The Morgan fingerprint density at radius 2 is 2.06 bits per heavy atom. The van der Waals surface area contributed by atoms with Gasteiger partial charge in [-0.2, -0.15) is 13.2 Å². The van der Waals surface area contributed by atoms with E-state index in [0.29, 0.717) is 12.0 Å². The van der Waals surface area contributed by atoms with Gasteiger partial charge in [-0.3, -0.25) is 0 Å². The number of hydrogen-bond donors (Lipinski definition) is 1. The molecular weight excluding hydrogens is 243 g/mol. The third-order valence-corrected chi connectivity index (χ3v) is 2.88. The predicted molar refractivity (Wildman–Crippen MR) is 53.5 cm³/mol. The van der Waals surface area contributed by atoms with E-state index in [9.17, 15) is 13.2 Å². The Bertz CT molecular complexity index is 419. The molecule has 0 radical (unpaired) electrons. The molecule has 16 heavy (non-hydrogen) atoms. The van der Waals surface area contributed by atoms with Gasteiger partial charge in [-0.05, 0) is 6.07 Å². The van der Waals surface area contributed by atoms with Gasteiger partial charge in [0.25, 0.3) is 0 Å². The van der Waals surface area contributed by atoms with E-state index in [1.807, 2.05) is 0 Å². The lowest BCUT2D eigenvalue weighted by molar-refractivity contribution is -0.137. The Morgan fingerprint density at radius 1 is 1.38 bits per heavy atom. The molecule has 0 aromatic heterocycles. The summed E-state index contributed by atoms with van der Waals surface area (Å²) in [5.41, 5.74) is 5.40. The van der Waals surface area contributed by atoms with Crippen molar-refractivity contribution in [2.75, 3.05) is 6.61 Å². The molecule has 2 N–H and O–H groups in total. The van der Waals surface area contributed by atoms with Gasteiger partial charge in [-0.1, -0.05) is 17.7 Å². The van der Waals surface area contributed by atoms with Crippen molar-refractivity contribution in [3.8, 4) is 5.75 Å². The summed E-state index contributed by atoms with van der Waals surface area (Å²) >= 11 is 5.68. The summed E-state index contributed by atoms with van der Waals surface area (Å²) in [5.74, 6) is 0.0650. The minimum absolute atomic E-state index is 0.0650. The maximum Gasteiger partial charge on any atom is 0.417 e. The van der Waals surface area contributed by atoms with Gasteiger partial charge in [0.05, 0.1) is 17.2 Å². The molecule has 0 saturated heterocycles. The Labute approximate surface area is 95.1 Å². The zero-order valence-electron chi connectivity index (χ0n) is 8.14. The summed E-state index contributed by atoms with van der Waals surface area (Å²) < 4.78 is 42.8. The second-order valence-electron chi connectivity index (χ2n) is 3.59. The van der Waals surface area contributed by atoms with Gasteiger partial charge in [0.1, 0.15) is 5.75 Å². The topological polar surface area (TPSA) is 35.2 Å². The molecule has 0 aliphatic carbocycles. The van der Waals surface area contributed by atoms with Gasteiger partial charge in [-0.25, -0.2) is 0 Å². The second-order valence-corrected chi connectivity index (χ2v) is 3.96. The van der Waals surface area contributed by atoms with Crippen LogP contribution in [0.1, 0.15) is 23.6 Å². The van der Waals surface area contributed by atoms with Crippen molar-refractivity contribution in [1.29, 1.82) is 0 Å². The van der Waals surface area contributed by atoms with E-state index in [0.717, 1.165) is 6.07 Å². The molecule has 1 aliphatic rings. The van der Waals surface area contributed by atoms with Crippen LogP contribution in [0.25, 0.3) is 0 Å². The fraction of sp³-hybridized carbons (Fsp3) is 0.400. The van der Waals surface area contributed by atoms with Crippen molar-refractivity contribution in [2.45, 2.75) is 18.6 Å². The third kappa shape index (κ3) is 1.85. The molecule has 1 aromatic rings. The zero-order chi connectivity index (χ0) is 11.9. The molecular formula is C10H9ClF3NO. The minimum atomic E-state index is -4.48. The van der Waals surface area contributed by atoms with E-state index < -0.39 is 16.8 Å². The Hall–Kier alpha value is -0.940. The number of fused-ring (bicyclic) bond motifs is 1. The summed E-state index contributed by atoms with van der Waals surface area (Å²) in [4.78, 5) is 0. The van der Waals surface area contributed by atoms with Gasteiger partial charge in [0.15, 0.2) is 0 Å². The van der Waals surface area contributed by atoms with Gasteiger partial charge < -0.3 is 10.5 Å². The number of rotatable bonds is 0. The number of nitrogens with two attached hydrogens (primary N) is 1. The number of hydrogen-bond acceptors (Lipinski definition) is 2. The summed E-state index contributed by atoms with van der Waals surface area (Å²) in [6.45, 7) is 0.287. The average molecular weight is 252 g/mol. The monoisotopic (exact) mass is 251 g/mol. The predicted octanol–water partition coefficient (Wildman–Crippen LogP) is 3.14.